The molecule has 5 nitrogen and oxygen atoms in total. The highest BCUT2D eigenvalue weighted by molar-refractivity contribution is 6.31. The van der Waals surface area contributed by atoms with E-state index in [1.54, 1.807) is 35.4 Å². The maximum atomic E-state index is 11.0. The van der Waals surface area contributed by atoms with Gasteiger partial charge in [-0.3, -0.25) is 4.98 Å². The van der Waals surface area contributed by atoms with Crippen molar-refractivity contribution in [3.8, 4) is 17.5 Å². The van der Waals surface area contributed by atoms with Crippen LogP contribution in [0.4, 0.5) is 0 Å². The zero-order valence-electron chi connectivity index (χ0n) is 11.6. The molecule has 0 unspecified atom stereocenters. The summed E-state index contributed by atoms with van der Waals surface area (Å²) >= 11 is 5.98. The first-order chi connectivity index (χ1) is 10.7. The molecule has 0 bridgehead atoms. The van der Waals surface area contributed by atoms with Gasteiger partial charge in [0, 0.05) is 28.7 Å². The van der Waals surface area contributed by atoms with E-state index >= 15 is 0 Å². The number of carbonyl (C=O) groups is 1. The molecule has 0 aliphatic rings. The smallest absolute Gasteiger partial charge is 0.384 e. The SMILES string of the molecule is COC(=O)C#Cc1cnn(-c2ccnc3cc(Cl)ccc23)c1. The third-order valence-electron chi connectivity index (χ3n) is 3.01. The van der Waals surface area contributed by atoms with Gasteiger partial charge in [0.2, 0.25) is 0 Å². The summed E-state index contributed by atoms with van der Waals surface area (Å²) in [6.07, 6.45) is 5.01. The molecule has 0 atom stereocenters. The van der Waals surface area contributed by atoms with Gasteiger partial charge in [-0.2, -0.15) is 5.10 Å². The average molecular weight is 312 g/mol. The van der Waals surface area contributed by atoms with Crippen LogP contribution < -0.4 is 0 Å². The van der Waals surface area contributed by atoms with Crippen LogP contribution in [0.2, 0.25) is 5.02 Å². The van der Waals surface area contributed by atoms with Crippen LogP contribution in [0, 0.1) is 11.8 Å². The molecule has 2 heterocycles. The van der Waals surface area contributed by atoms with Crippen LogP contribution in [0.1, 0.15) is 5.56 Å². The maximum absolute atomic E-state index is 11.0. The highest BCUT2D eigenvalue weighted by Crippen LogP contribution is 2.23. The predicted octanol–water partition coefficient (Wildman–Crippen LogP) is 2.60. The van der Waals surface area contributed by atoms with Gasteiger partial charge >= 0.3 is 5.97 Å². The maximum Gasteiger partial charge on any atom is 0.384 e. The van der Waals surface area contributed by atoms with E-state index in [1.807, 2.05) is 12.1 Å². The molecule has 0 saturated carbocycles. The molecule has 0 fully saturated rings. The first kappa shape index (κ1) is 14.1. The molecule has 0 aliphatic carbocycles. The van der Waals surface area contributed by atoms with Gasteiger partial charge in [0.05, 0.1) is 30.1 Å². The number of ether oxygens (including phenoxy) is 1. The Morgan fingerprint density at radius 1 is 1.36 bits per heavy atom. The third kappa shape index (κ3) is 2.78. The van der Waals surface area contributed by atoms with Crippen molar-refractivity contribution < 1.29 is 9.53 Å². The Morgan fingerprint density at radius 2 is 2.23 bits per heavy atom. The fraction of sp³-hybridized carbons (Fsp3) is 0.0625. The number of fused-ring (bicyclic) bond motifs is 1. The number of hydrogen-bond donors (Lipinski definition) is 0. The second-order valence-corrected chi connectivity index (χ2v) is 4.84. The Kier molecular flexibility index (Phi) is 3.77. The van der Waals surface area contributed by atoms with E-state index < -0.39 is 5.97 Å². The molecule has 3 rings (SSSR count). The molecule has 0 spiro atoms. The lowest BCUT2D eigenvalue weighted by molar-refractivity contribution is -0.133. The summed E-state index contributed by atoms with van der Waals surface area (Å²) < 4.78 is 6.15. The van der Waals surface area contributed by atoms with Gasteiger partial charge in [0.1, 0.15) is 0 Å². The van der Waals surface area contributed by atoms with E-state index in [9.17, 15) is 4.79 Å². The van der Waals surface area contributed by atoms with E-state index in [0.29, 0.717) is 10.6 Å². The van der Waals surface area contributed by atoms with Crippen molar-refractivity contribution in [1.82, 2.24) is 14.8 Å². The standard InChI is InChI=1S/C16H10ClN3O2/c1-22-16(21)5-2-11-9-19-20(10-11)15-6-7-18-14-8-12(17)3-4-13(14)15/h3-4,6-10H,1H3. The number of aromatic nitrogens is 3. The highest BCUT2D eigenvalue weighted by atomic mass is 35.5. The number of halogens is 1. The fourth-order valence-corrected chi connectivity index (χ4v) is 2.17. The number of benzene rings is 1. The molecule has 2 aromatic heterocycles. The molecule has 6 heteroatoms. The number of hydrogen-bond acceptors (Lipinski definition) is 4. The Labute approximate surface area is 131 Å². The molecular weight excluding hydrogens is 302 g/mol. The summed E-state index contributed by atoms with van der Waals surface area (Å²) in [5.41, 5.74) is 2.25. The number of methoxy groups -OCH3 is 1. The topological polar surface area (TPSA) is 57.0 Å². The summed E-state index contributed by atoms with van der Waals surface area (Å²) in [5, 5.41) is 5.81. The lowest BCUT2D eigenvalue weighted by Crippen LogP contribution is -1.96. The second-order valence-electron chi connectivity index (χ2n) is 4.41. The Hall–Kier alpha value is -2.84. The second kappa shape index (κ2) is 5.88. The van der Waals surface area contributed by atoms with Crippen LogP contribution in [-0.2, 0) is 9.53 Å². The monoisotopic (exact) mass is 311 g/mol. The minimum absolute atomic E-state index is 0.586. The Morgan fingerprint density at radius 3 is 3.05 bits per heavy atom. The summed E-state index contributed by atoms with van der Waals surface area (Å²) in [7, 11) is 1.29. The zero-order chi connectivity index (χ0) is 15.5. The summed E-state index contributed by atoms with van der Waals surface area (Å²) in [5.74, 6) is 4.48. The van der Waals surface area contributed by atoms with Crippen LogP contribution in [0.3, 0.4) is 0 Å². The summed E-state index contributed by atoms with van der Waals surface area (Å²) in [4.78, 5) is 15.3. The predicted molar refractivity (Wildman–Crippen MR) is 82.8 cm³/mol. The van der Waals surface area contributed by atoms with Gasteiger partial charge in [-0.1, -0.05) is 17.5 Å². The van der Waals surface area contributed by atoms with Gasteiger partial charge in [-0.25, -0.2) is 9.48 Å². The van der Waals surface area contributed by atoms with Gasteiger partial charge in [-0.15, -0.1) is 0 Å². The molecule has 0 N–H and O–H groups in total. The van der Waals surface area contributed by atoms with Crippen LogP contribution in [0.15, 0.2) is 42.9 Å². The quantitative estimate of drug-likeness (QED) is 0.512. The zero-order valence-corrected chi connectivity index (χ0v) is 12.3. The van der Waals surface area contributed by atoms with Crippen LogP contribution in [-0.4, -0.2) is 27.8 Å². The van der Waals surface area contributed by atoms with E-state index in [4.69, 9.17) is 11.6 Å². The molecule has 22 heavy (non-hydrogen) atoms. The molecule has 1 aromatic carbocycles. The van der Waals surface area contributed by atoms with Crippen molar-refractivity contribution >= 4 is 28.5 Å². The van der Waals surface area contributed by atoms with Crippen molar-refractivity contribution in [1.29, 1.82) is 0 Å². The van der Waals surface area contributed by atoms with Crippen molar-refractivity contribution in [2.45, 2.75) is 0 Å². The number of pyridine rings is 1. The molecule has 108 valence electrons. The molecule has 0 saturated heterocycles. The van der Waals surface area contributed by atoms with Gasteiger partial charge in [0.15, 0.2) is 0 Å². The minimum atomic E-state index is -0.586. The Balaban J connectivity index is 2.03. The summed E-state index contributed by atoms with van der Waals surface area (Å²) in [6, 6.07) is 7.33. The van der Waals surface area contributed by atoms with Crippen molar-refractivity contribution in [2.24, 2.45) is 0 Å². The van der Waals surface area contributed by atoms with Crippen LogP contribution >= 0.6 is 11.6 Å². The van der Waals surface area contributed by atoms with Gasteiger partial charge in [0.25, 0.3) is 0 Å². The first-order valence-corrected chi connectivity index (χ1v) is 6.74. The van der Waals surface area contributed by atoms with E-state index in [0.717, 1.165) is 16.6 Å². The molecule has 3 aromatic rings. The lowest BCUT2D eigenvalue weighted by Gasteiger charge is -2.05. The Bertz CT molecular complexity index is 922. The average Bonchev–Trinajstić information content (AvgIpc) is 3.00. The van der Waals surface area contributed by atoms with Crippen molar-refractivity contribution in [3.63, 3.8) is 0 Å². The van der Waals surface area contributed by atoms with Crippen LogP contribution in [0.5, 0.6) is 0 Å². The molecule has 0 radical (unpaired) electrons. The first-order valence-electron chi connectivity index (χ1n) is 6.36. The number of esters is 1. The van der Waals surface area contributed by atoms with E-state index in [-0.39, 0.29) is 0 Å². The normalized spacial score (nSPS) is 10.1. The number of nitrogens with zero attached hydrogens (tertiary/aromatic N) is 3. The molecular formula is C16H10ClN3O2. The minimum Gasteiger partial charge on any atom is -0.459 e. The number of rotatable bonds is 1. The van der Waals surface area contributed by atoms with Gasteiger partial charge < -0.3 is 4.74 Å². The van der Waals surface area contributed by atoms with Crippen molar-refractivity contribution in [2.75, 3.05) is 7.11 Å². The van der Waals surface area contributed by atoms with E-state index in [2.05, 4.69) is 26.7 Å². The highest BCUT2D eigenvalue weighted by Gasteiger charge is 2.06. The van der Waals surface area contributed by atoms with Gasteiger partial charge in [-0.05, 0) is 24.3 Å². The lowest BCUT2D eigenvalue weighted by atomic mass is 10.2. The molecule has 0 aliphatic heterocycles. The fourth-order valence-electron chi connectivity index (χ4n) is 2.00. The van der Waals surface area contributed by atoms with Crippen LogP contribution in [0.25, 0.3) is 16.6 Å². The number of carbonyl (C=O) groups excluding carboxylic acids is 1. The largest absolute Gasteiger partial charge is 0.459 e. The summed E-state index contributed by atoms with van der Waals surface area (Å²) in [6.45, 7) is 0. The van der Waals surface area contributed by atoms with E-state index in [1.165, 1.54) is 7.11 Å². The molecule has 0 amide bonds. The van der Waals surface area contributed by atoms with Crippen molar-refractivity contribution in [3.05, 3.63) is 53.4 Å². The third-order valence-corrected chi connectivity index (χ3v) is 3.24.